The van der Waals surface area contributed by atoms with Crippen LogP contribution in [0.2, 0.25) is 0 Å². The number of carboxylic acid groups (broad SMARTS) is 1. The summed E-state index contributed by atoms with van der Waals surface area (Å²) in [5.74, 6) is -0.676. The Labute approximate surface area is 155 Å². The highest BCUT2D eigenvalue weighted by Crippen LogP contribution is 2.12. The molecule has 0 saturated carbocycles. The molecule has 0 rings (SSSR count). The number of rotatable bonds is 16. The minimum atomic E-state index is -0.676. The van der Waals surface area contributed by atoms with Crippen molar-refractivity contribution in [3.8, 4) is 0 Å². The van der Waals surface area contributed by atoms with Gasteiger partial charge in [0.1, 0.15) is 6.04 Å². The van der Waals surface area contributed by atoms with Crippen LogP contribution >= 0.6 is 0 Å². The Balaban J connectivity index is 3.67. The maximum Gasteiger partial charge on any atom is 0.320 e. The SMILES string of the molecule is CCC=CCC=CCC=CCCCCCCC(C(=O)O)N(CC)CC. The van der Waals surface area contributed by atoms with Crippen molar-refractivity contribution in [1.29, 1.82) is 0 Å². The van der Waals surface area contributed by atoms with Gasteiger partial charge in [-0.2, -0.15) is 0 Å². The van der Waals surface area contributed by atoms with E-state index in [9.17, 15) is 9.90 Å². The maximum atomic E-state index is 11.4. The van der Waals surface area contributed by atoms with Crippen LogP contribution in [0.1, 0.15) is 78.6 Å². The summed E-state index contributed by atoms with van der Waals surface area (Å²) in [6.45, 7) is 7.83. The number of carbonyl (C=O) groups is 1. The van der Waals surface area contributed by atoms with Gasteiger partial charge in [0.25, 0.3) is 0 Å². The molecule has 0 aromatic rings. The smallest absolute Gasteiger partial charge is 0.320 e. The fourth-order valence-electron chi connectivity index (χ4n) is 2.91. The Bertz CT molecular complexity index is 395. The molecular formula is C22H39NO2. The number of carboxylic acids is 1. The van der Waals surface area contributed by atoms with Crippen LogP contribution in [0.4, 0.5) is 0 Å². The number of hydrogen-bond donors (Lipinski definition) is 1. The molecule has 0 bridgehead atoms. The first kappa shape index (κ1) is 23.6. The van der Waals surface area contributed by atoms with Gasteiger partial charge in [0.15, 0.2) is 0 Å². The van der Waals surface area contributed by atoms with Crippen molar-refractivity contribution in [2.24, 2.45) is 0 Å². The molecule has 0 heterocycles. The van der Waals surface area contributed by atoms with Gasteiger partial charge in [-0.15, -0.1) is 0 Å². The molecule has 25 heavy (non-hydrogen) atoms. The van der Waals surface area contributed by atoms with E-state index in [2.05, 4.69) is 43.4 Å². The number of allylic oxidation sites excluding steroid dienone is 6. The van der Waals surface area contributed by atoms with Crippen LogP contribution in [0.3, 0.4) is 0 Å². The lowest BCUT2D eigenvalue weighted by Gasteiger charge is -2.26. The number of nitrogens with zero attached hydrogens (tertiary/aromatic N) is 1. The monoisotopic (exact) mass is 349 g/mol. The number of aliphatic carboxylic acids is 1. The second-order valence-electron chi connectivity index (χ2n) is 6.36. The first-order valence-corrected chi connectivity index (χ1v) is 10.1. The summed E-state index contributed by atoms with van der Waals surface area (Å²) in [6, 6.07) is -0.311. The Morgan fingerprint density at radius 3 is 1.96 bits per heavy atom. The van der Waals surface area contributed by atoms with Crippen molar-refractivity contribution in [3.05, 3.63) is 36.5 Å². The highest BCUT2D eigenvalue weighted by molar-refractivity contribution is 5.73. The molecule has 3 nitrogen and oxygen atoms in total. The minimum absolute atomic E-state index is 0.311. The topological polar surface area (TPSA) is 40.5 Å². The maximum absolute atomic E-state index is 11.4. The molecule has 0 aromatic carbocycles. The van der Waals surface area contributed by atoms with E-state index in [0.717, 1.165) is 58.0 Å². The Hall–Kier alpha value is -1.35. The quantitative estimate of drug-likeness (QED) is 0.275. The molecule has 0 fully saturated rings. The van der Waals surface area contributed by atoms with Crippen LogP contribution in [0.15, 0.2) is 36.5 Å². The van der Waals surface area contributed by atoms with Gasteiger partial charge in [0.05, 0.1) is 0 Å². The molecule has 3 heteroatoms. The standard InChI is InChI=1S/C22H39NO2/c1-4-7-8-9-10-11-12-13-14-15-16-17-18-19-20-21(22(24)25)23(5-2)6-3/h7-8,10-11,13-14,21H,4-6,9,12,15-20H2,1-3H3,(H,24,25). The summed E-state index contributed by atoms with van der Waals surface area (Å²) in [6.07, 6.45) is 22.9. The lowest BCUT2D eigenvalue weighted by Crippen LogP contribution is -2.40. The first-order valence-electron chi connectivity index (χ1n) is 10.1. The molecule has 144 valence electrons. The van der Waals surface area contributed by atoms with Crippen LogP contribution in [0.25, 0.3) is 0 Å². The number of hydrogen-bond acceptors (Lipinski definition) is 2. The fourth-order valence-corrected chi connectivity index (χ4v) is 2.91. The summed E-state index contributed by atoms with van der Waals surface area (Å²) >= 11 is 0. The third kappa shape index (κ3) is 13.6. The van der Waals surface area contributed by atoms with E-state index in [1.807, 2.05) is 18.7 Å². The van der Waals surface area contributed by atoms with Gasteiger partial charge in [0.2, 0.25) is 0 Å². The summed E-state index contributed by atoms with van der Waals surface area (Å²) in [5, 5.41) is 9.35. The average Bonchev–Trinajstić information content (AvgIpc) is 2.61. The van der Waals surface area contributed by atoms with E-state index in [1.54, 1.807) is 0 Å². The van der Waals surface area contributed by atoms with Crippen molar-refractivity contribution < 1.29 is 9.90 Å². The zero-order valence-corrected chi connectivity index (χ0v) is 16.6. The van der Waals surface area contributed by atoms with E-state index in [4.69, 9.17) is 0 Å². The molecule has 0 spiro atoms. The summed E-state index contributed by atoms with van der Waals surface area (Å²) in [7, 11) is 0. The molecule has 0 aromatic heterocycles. The van der Waals surface area contributed by atoms with E-state index >= 15 is 0 Å². The van der Waals surface area contributed by atoms with Crippen molar-refractivity contribution in [1.82, 2.24) is 4.90 Å². The largest absolute Gasteiger partial charge is 0.480 e. The van der Waals surface area contributed by atoms with Gasteiger partial charge in [-0.3, -0.25) is 9.69 Å². The normalized spacial score (nSPS) is 13.6. The van der Waals surface area contributed by atoms with Gasteiger partial charge in [-0.1, -0.05) is 76.5 Å². The molecule has 0 amide bonds. The lowest BCUT2D eigenvalue weighted by atomic mass is 10.0. The molecule has 0 saturated heterocycles. The average molecular weight is 350 g/mol. The van der Waals surface area contributed by atoms with E-state index in [-0.39, 0.29) is 6.04 Å². The van der Waals surface area contributed by atoms with Crippen LogP contribution in [0.5, 0.6) is 0 Å². The lowest BCUT2D eigenvalue weighted by molar-refractivity contribution is -0.143. The molecule has 0 aliphatic heterocycles. The third-order valence-corrected chi connectivity index (χ3v) is 4.42. The van der Waals surface area contributed by atoms with E-state index in [0.29, 0.717) is 0 Å². The molecule has 1 N–H and O–H groups in total. The van der Waals surface area contributed by atoms with Crippen LogP contribution in [-0.2, 0) is 4.79 Å². The zero-order chi connectivity index (χ0) is 18.8. The van der Waals surface area contributed by atoms with Gasteiger partial charge < -0.3 is 5.11 Å². The van der Waals surface area contributed by atoms with Crippen molar-refractivity contribution in [2.75, 3.05) is 13.1 Å². The molecule has 0 aliphatic rings. The Kier molecular flexibility index (Phi) is 16.5. The third-order valence-electron chi connectivity index (χ3n) is 4.42. The predicted octanol–water partition coefficient (Wildman–Crippen LogP) is 5.98. The Morgan fingerprint density at radius 1 is 0.840 bits per heavy atom. The fraction of sp³-hybridized carbons (Fsp3) is 0.682. The minimum Gasteiger partial charge on any atom is -0.480 e. The van der Waals surface area contributed by atoms with Crippen molar-refractivity contribution >= 4 is 5.97 Å². The second-order valence-corrected chi connectivity index (χ2v) is 6.36. The Morgan fingerprint density at radius 2 is 1.40 bits per heavy atom. The molecule has 1 atom stereocenters. The highest BCUT2D eigenvalue weighted by atomic mass is 16.4. The first-order chi connectivity index (χ1) is 12.2. The van der Waals surface area contributed by atoms with E-state index in [1.165, 1.54) is 12.8 Å². The van der Waals surface area contributed by atoms with Crippen molar-refractivity contribution in [3.63, 3.8) is 0 Å². The predicted molar refractivity (Wildman–Crippen MR) is 109 cm³/mol. The zero-order valence-electron chi connectivity index (χ0n) is 16.6. The van der Waals surface area contributed by atoms with Gasteiger partial charge >= 0.3 is 5.97 Å². The van der Waals surface area contributed by atoms with Gasteiger partial charge in [-0.25, -0.2) is 0 Å². The summed E-state index contributed by atoms with van der Waals surface area (Å²) < 4.78 is 0. The number of unbranched alkanes of at least 4 members (excludes halogenated alkanes) is 4. The van der Waals surface area contributed by atoms with E-state index < -0.39 is 5.97 Å². The van der Waals surface area contributed by atoms with Crippen LogP contribution in [-0.4, -0.2) is 35.1 Å². The number of likely N-dealkylation sites (N-methyl/N-ethyl adjacent to an activating group) is 1. The summed E-state index contributed by atoms with van der Waals surface area (Å²) in [4.78, 5) is 13.4. The summed E-state index contributed by atoms with van der Waals surface area (Å²) in [5.41, 5.74) is 0. The second kappa shape index (κ2) is 17.5. The molecule has 0 radical (unpaired) electrons. The van der Waals surface area contributed by atoms with Gasteiger partial charge in [-0.05, 0) is 51.6 Å². The molecule has 0 aliphatic carbocycles. The molecular weight excluding hydrogens is 310 g/mol. The highest BCUT2D eigenvalue weighted by Gasteiger charge is 2.22. The van der Waals surface area contributed by atoms with Crippen molar-refractivity contribution in [2.45, 2.75) is 84.6 Å². The molecule has 1 unspecified atom stereocenters. The van der Waals surface area contributed by atoms with Crippen LogP contribution in [0, 0.1) is 0 Å². The van der Waals surface area contributed by atoms with Crippen LogP contribution < -0.4 is 0 Å². The van der Waals surface area contributed by atoms with Gasteiger partial charge in [0, 0.05) is 0 Å².